The van der Waals surface area contributed by atoms with E-state index in [0.717, 1.165) is 6.20 Å². The number of aliphatic hydroxyl groups is 1. The fraction of sp³-hybridized carbons (Fsp3) is 0.556. The van der Waals surface area contributed by atoms with Crippen LogP contribution in [0.2, 0.25) is 0 Å². The highest BCUT2D eigenvalue weighted by atomic mass is 19.1. The highest BCUT2D eigenvalue weighted by molar-refractivity contribution is 5.42. The molecule has 6 nitrogen and oxygen atoms in total. The molecule has 7 heteroatoms. The third-order valence-electron chi connectivity index (χ3n) is 2.10. The van der Waals surface area contributed by atoms with Gasteiger partial charge in [-0.2, -0.15) is 4.98 Å². The molecule has 90 valence electrons. The number of anilines is 2. The second-order valence-corrected chi connectivity index (χ2v) is 3.57. The zero-order valence-electron chi connectivity index (χ0n) is 9.31. The van der Waals surface area contributed by atoms with E-state index in [1.54, 1.807) is 18.9 Å². The van der Waals surface area contributed by atoms with Gasteiger partial charge in [0.05, 0.1) is 12.3 Å². The average molecular weight is 229 g/mol. The number of hydrazine groups is 1. The van der Waals surface area contributed by atoms with Crippen LogP contribution >= 0.6 is 0 Å². The van der Waals surface area contributed by atoms with Crippen LogP contribution in [0.15, 0.2) is 6.20 Å². The molecular weight excluding hydrogens is 213 g/mol. The first kappa shape index (κ1) is 12.6. The maximum Gasteiger partial charge on any atom is 0.239 e. The highest BCUT2D eigenvalue weighted by Crippen LogP contribution is 2.15. The molecule has 0 bridgehead atoms. The van der Waals surface area contributed by atoms with Gasteiger partial charge in [0.15, 0.2) is 11.6 Å². The molecule has 0 radical (unpaired) electrons. The van der Waals surface area contributed by atoms with Crippen LogP contribution in [0.1, 0.15) is 13.3 Å². The van der Waals surface area contributed by atoms with Gasteiger partial charge >= 0.3 is 0 Å². The van der Waals surface area contributed by atoms with Crippen molar-refractivity contribution in [2.24, 2.45) is 5.84 Å². The van der Waals surface area contributed by atoms with E-state index in [9.17, 15) is 4.39 Å². The quantitative estimate of drug-likeness (QED) is 0.490. The molecule has 4 N–H and O–H groups in total. The second kappa shape index (κ2) is 5.57. The summed E-state index contributed by atoms with van der Waals surface area (Å²) in [4.78, 5) is 9.13. The highest BCUT2D eigenvalue weighted by Gasteiger charge is 2.11. The van der Waals surface area contributed by atoms with E-state index in [2.05, 4.69) is 15.4 Å². The Morgan fingerprint density at radius 2 is 2.38 bits per heavy atom. The first-order chi connectivity index (χ1) is 7.54. The molecular formula is C9H16FN5O. The van der Waals surface area contributed by atoms with Gasteiger partial charge < -0.3 is 10.0 Å². The zero-order valence-corrected chi connectivity index (χ0v) is 9.31. The van der Waals surface area contributed by atoms with Gasteiger partial charge in [0.2, 0.25) is 5.95 Å². The minimum Gasteiger partial charge on any atom is -0.393 e. The molecule has 1 rings (SSSR count). The molecule has 0 aliphatic carbocycles. The van der Waals surface area contributed by atoms with E-state index in [-0.39, 0.29) is 11.8 Å². The Kier molecular flexibility index (Phi) is 4.39. The topological polar surface area (TPSA) is 87.3 Å². The van der Waals surface area contributed by atoms with Crippen LogP contribution in [0, 0.1) is 5.82 Å². The lowest BCUT2D eigenvalue weighted by Gasteiger charge is -2.19. The maximum absolute atomic E-state index is 13.4. The molecule has 0 aliphatic rings. The number of nitrogens with two attached hydrogens (primary N) is 1. The zero-order chi connectivity index (χ0) is 12.1. The molecule has 1 atom stereocenters. The molecule has 0 fully saturated rings. The van der Waals surface area contributed by atoms with Crippen molar-refractivity contribution in [3.8, 4) is 0 Å². The number of hydrogen-bond acceptors (Lipinski definition) is 6. The number of aromatic nitrogens is 2. The van der Waals surface area contributed by atoms with Gasteiger partial charge in [-0.25, -0.2) is 15.2 Å². The maximum atomic E-state index is 13.4. The number of hydrogen-bond donors (Lipinski definition) is 3. The molecule has 0 spiro atoms. The molecule has 0 amide bonds. The molecule has 1 aromatic heterocycles. The van der Waals surface area contributed by atoms with E-state index in [0.29, 0.717) is 13.0 Å². The summed E-state index contributed by atoms with van der Waals surface area (Å²) >= 11 is 0. The van der Waals surface area contributed by atoms with Crippen molar-refractivity contribution in [1.29, 1.82) is 0 Å². The lowest BCUT2D eigenvalue weighted by molar-refractivity contribution is 0.186. The van der Waals surface area contributed by atoms with E-state index < -0.39 is 11.9 Å². The standard InChI is InChI=1S/C9H16FN5O/c1-6(16)3-4-15(2)8-7(10)5-12-9(13-8)14-11/h5-6,16H,3-4,11H2,1-2H3,(H,12,13,14). The fourth-order valence-electron chi connectivity index (χ4n) is 1.18. The minimum absolute atomic E-state index is 0.153. The number of aliphatic hydroxyl groups excluding tert-OH is 1. The normalized spacial score (nSPS) is 12.3. The van der Waals surface area contributed by atoms with Crippen molar-refractivity contribution in [2.75, 3.05) is 23.9 Å². The van der Waals surface area contributed by atoms with Crippen molar-refractivity contribution in [3.05, 3.63) is 12.0 Å². The summed E-state index contributed by atoms with van der Waals surface area (Å²) in [5.74, 6) is 4.92. The number of nitrogen functional groups attached to an aromatic ring is 1. The van der Waals surface area contributed by atoms with Gasteiger partial charge in [0.25, 0.3) is 0 Å². The van der Waals surface area contributed by atoms with Gasteiger partial charge in [0, 0.05) is 13.6 Å². The predicted molar refractivity (Wildman–Crippen MR) is 59.4 cm³/mol. The van der Waals surface area contributed by atoms with Crippen molar-refractivity contribution in [3.63, 3.8) is 0 Å². The van der Waals surface area contributed by atoms with E-state index in [4.69, 9.17) is 10.9 Å². The van der Waals surface area contributed by atoms with Crippen molar-refractivity contribution >= 4 is 11.8 Å². The number of halogens is 1. The SMILES string of the molecule is CC(O)CCN(C)c1nc(NN)ncc1F. The number of nitrogens with one attached hydrogen (secondary N) is 1. The summed E-state index contributed by atoms with van der Waals surface area (Å²) in [6.45, 7) is 2.17. The molecule has 16 heavy (non-hydrogen) atoms. The Labute approximate surface area is 93.3 Å². The van der Waals surface area contributed by atoms with Crippen LogP contribution < -0.4 is 16.2 Å². The first-order valence-electron chi connectivity index (χ1n) is 4.93. The van der Waals surface area contributed by atoms with Gasteiger partial charge in [-0.15, -0.1) is 0 Å². The van der Waals surface area contributed by atoms with E-state index >= 15 is 0 Å². The summed E-state index contributed by atoms with van der Waals surface area (Å²) in [6, 6.07) is 0. The molecule has 1 unspecified atom stereocenters. The van der Waals surface area contributed by atoms with Gasteiger partial charge in [-0.1, -0.05) is 0 Å². The average Bonchev–Trinajstić information content (AvgIpc) is 2.26. The Balaban J connectivity index is 2.76. The largest absolute Gasteiger partial charge is 0.393 e. The number of rotatable bonds is 5. The van der Waals surface area contributed by atoms with Gasteiger partial charge in [0.1, 0.15) is 0 Å². The van der Waals surface area contributed by atoms with Crippen LogP contribution in [-0.4, -0.2) is 34.8 Å². The monoisotopic (exact) mass is 229 g/mol. The van der Waals surface area contributed by atoms with Crippen LogP contribution in [0.25, 0.3) is 0 Å². The lowest BCUT2D eigenvalue weighted by atomic mass is 10.3. The van der Waals surface area contributed by atoms with Crippen molar-refractivity contribution < 1.29 is 9.50 Å². The third kappa shape index (κ3) is 3.28. The molecule has 1 heterocycles. The van der Waals surface area contributed by atoms with E-state index in [1.807, 2.05) is 0 Å². The summed E-state index contributed by atoms with van der Waals surface area (Å²) in [5.41, 5.74) is 2.25. The Morgan fingerprint density at radius 3 is 2.94 bits per heavy atom. The van der Waals surface area contributed by atoms with E-state index in [1.165, 1.54) is 0 Å². The molecule has 1 aromatic rings. The molecule has 0 saturated carbocycles. The van der Waals surface area contributed by atoms with Crippen LogP contribution in [0.5, 0.6) is 0 Å². The third-order valence-corrected chi connectivity index (χ3v) is 2.10. The first-order valence-corrected chi connectivity index (χ1v) is 4.93. The Morgan fingerprint density at radius 1 is 1.69 bits per heavy atom. The fourth-order valence-corrected chi connectivity index (χ4v) is 1.18. The van der Waals surface area contributed by atoms with Crippen molar-refractivity contribution in [2.45, 2.75) is 19.4 Å². The van der Waals surface area contributed by atoms with Crippen LogP contribution in [0.4, 0.5) is 16.2 Å². The van der Waals surface area contributed by atoms with Gasteiger partial charge in [-0.05, 0) is 13.3 Å². The minimum atomic E-state index is -0.521. The summed E-state index contributed by atoms with van der Waals surface area (Å²) in [7, 11) is 1.69. The number of nitrogens with zero attached hydrogens (tertiary/aromatic N) is 3. The summed E-state index contributed by atoms with van der Waals surface area (Å²) < 4.78 is 13.4. The van der Waals surface area contributed by atoms with Gasteiger partial charge in [-0.3, -0.25) is 5.43 Å². The lowest BCUT2D eigenvalue weighted by Crippen LogP contribution is -2.24. The smallest absolute Gasteiger partial charge is 0.239 e. The molecule has 0 aliphatic heterocycles. The molecule has 0 aromatic carbocycles. The van der Waals surface area contributed by atoms with Crippen LogP contribution in [-0.2, 0) is 0 Å². The summed E-state index contributed by atoms with van der Waals surface area (Å²) in [5, 5.41) is 9.13. The Hall–Kier alpha value is -1.47. The summed E-state index contributed by atoms with van der Waals surface area (Å²) in [6.07, 6.45) is 1.15. The van der Waals surface area contributed by atoms with Crippen LogP contribution in [0.3, 0.4) is 0 Å². The second-order valence-electron chi connectivity index (χ2n) is 3.57. The predicted octanol–water partition coefficient (Wildman–Crippen LogP) is 0.108. The van der Waals surface area contributed by atoms with Crippen molar-refractivity contribution in [1.82, 2.24) is 9.97 Å². The molecule has 0 saturated heterocycles. The Bertz CT molecular complexity index is 347.